The lowest BCUT2D eigenvalue weighted by Gasteiger charge is -2.43. The van der Waals surface area contributed by atoms with Crippen LogP contribution in [-0.4, -0.2) is 35.3 Å². The van der Waals surface area contributed by atoms with E-state index in [1.807, 2.05) is 11.8 Å². The molecule has 114 valence electrons. The SMILES string of the molecule is CCC(C)C1NC(=O)CN(C2CCC(C)C(C)C2)C1=O. The Hall–Kier alpha value is -1.06. The molecule has 2 fully saturated rings. The van der Waals surface area contributed by atoms with Crippen LogP contribution >= 0.6 is 0 Å². The van der Waals surface area contributed by atoms with E-state index in [4.69, 9.17) is 0 Å². The van der Waals surface area contributed by atoms with Gasteiger partial charge in [0.2, 0.25) is 11.8 Å². The largest absolute Gasteiger partial charge is 0.342 e. The van der Waals surface area contributed by atoms with Gasteiger partial charge in [-0.15, -0.1) is 0 Å². The average molecular weight is 280 g/mol. The number of hydrogen-bond donors (Lipinski definition) is 1. The minimum absolute atomic E-state index is 0.00109. The molecule has 20 heavy (non-hydrogen) atoms. The number of hydrogen-bond acceptors (Lipinski definition) is 2. The first kappa shape index (κ1) is 15.3. The molecule has 0 spiro atoms. The smallest absolute Gasteiger partial charge is 0.246 e. The molecular formula is C16H28N2O2. The molecule has 0 radical (unpaired) electrons. The minimum atomic E-state index is -0.323. The Balaban J connectivity index is 2.10. The molecule has 1 aliphatic carbocycles. The summed E-state index contributed by atoms with van der Waals surface area (Å²) in [6, 6.07) is -0.0674. The number of carbonyl (C=O) groups is 2. The third-order valence-electron chi connectivity index (χ3n) is 5.40. The predicted octanol–water partition coefficient (Wildman–Crippen LogP) is 2.18. The van der Waals surface area contributed by atoms with Crippen LogP contribution in [0.25, 0.3) is 0 Å². The van der Waals surface area contributed by atoms with Crippen LogP contribution < -0.4 is 5.32 Å². The molecule has 2 amide bonds. The fourth-order valence-corrected chi connectivity index (χ4v) is 3.42. The topological polar surface area (TPSA) is 49.4 Å². The minimum Gasteiger partial charge on any atom is -0.342 e. The molecule has 0 bridgehead atoms. The van der Waals surface area contributed by atoms with Crippen LogP contribution in [0.3, 0.4) is 0 Å². The second-order valence-electron chi connectivity index (χ2n) is 6.82. The second kappa shape index (κ2) is 6.15. The summed E-state index contributed by atoms with van der Waals surface area (Å²) in [4.78, 5) is 26.5. The molecule has 0 aromatic heterocycles. The highest BCUT2D eigenvalue weighted by Gasteiger charge is 2.40. The van der Waals surface area contributed by atoms with Crippen LogP contribution in [0, 0.1) is 17.8 Å². The van der Waals surface area contributed by atoms with Gasteiger partial charge >= 0.3 is 0 Å². The van der Waals surface area contributed by atoms with Gasteiger partial charge in [0.15, 0.2) is 0 Å². The molecule has 0 aromatic carbocycles. The molecular weight excluding hydrogens is 252 g/mol. The van der Waals surface area contributed by atoms with Gasteiger partial charge in [0, 0.05) is 6.04 Å². The van der Waals surface area contributed by atoms with Gasteiger partial charge in [0.05, 0.1) is 6.54 Å². The molecule has 4 heteroatoms. The van der Waals surface area contributed by atoms with E-state index in [1.165, 1.54) is 0 Å². The van der Waals surface area contributed by atoms with Crippen molar-refractivity contribution in [2.45, 2.75) is 65.5 Å². The molecule has 4 nitrogen and oxygen atoms in total. The van der Waals surface area contributed by atoms with Crippen LogP contribution in [-0.2, 0) is 9.59 Å². The van der Waals surface area contributed by atoms with E-state index in [2.05, 4.69) is 26.1 Å². The number of carbonyl (C=O) groups excluding carboxylic acids is 2. The molecule has 1 saturated carbocycles. The maximum Gasteiger partial charge on any atom is 0.246 e. The van der Waals surface area contributed by atoms with E-state index in [1.54, 1.807) is 0 Å². The maximum absolute atomic E-state index is 12.7. The van der Waals surface area contributed by atoms with Crippen molar-refractivity contribution in [3.63, 3.8) is 0 Å². The summed E-state index contributed by atoms with van der Waals surface area (Å²) in [6.45, 7) is 8.90. The molecule has 0 aromatic rings. The summed E-state index contributed by atoms with van der Waals surface area (Å²) in [5.41, 5.74) is 0. The molecule has 5 atom stereocenters. The fraction of sp³-hybridized carbons (Fsp3) is 0.875. The van der Waals surface area contributed by atoms with E-state index in [0.717, 1.165) is 31.6 Å². The third kappa shape index (κ3) is 2.99. The van der Waals surface area contributed by atoms with Crippen LogP contribution in [0.4, 0.5) is 0 Å². The van der Waals surface area contributed by atoms with E-state index in [9.17, 15) is 9.59 Å². The molecule has 1 aliphatic heterocycles. The Kier molecular flexibility index (Phi) is 4.71. The summed E-state index contributed by atoms with van der Waals surface area (Å²) in [6.07, 6.45) is 4.14. The van der Waals surface area contributed by atoms with Gasteiger partial charge < -0.3 is 10.2 Å². The molecule has 2 rings (SSSR count). The van der Waals surface area contributed by atoms with Crippen LogP contribution in [0.5, 0.6) is 0 Å². The van der Waals surface area contributed by atoms with Crippen molar-refractivity contribution < 1.29 is 9.59 Å². The maximum atomic E-state index is 12.7. The van der Waals surface area contributed by atoms with Gasteiger partial charge in [0.25, 0.3) is 0 Å². The fourth-order valence-electron chi connectivity index (χ4n) is 3.42. The third-order valence-corrected chi connectivity index (χ3v) is 5.40. The van der Waals surface area contributed by atoms with Gasteiger partial charge in [-0.25, -0.2) is 0 Å². The van der Waals surface area contributed by atoms with Crippen molar-refractivity contribution >= 4 is 11.8 Å². The Morgan fingerprint density at radius 2 is 1.95 bits per heavy atom. The number of piperazine rings is 1. The highest BCUT2D eigenvalue weighted by Crippen LogP contribution is 2.33. The quantitative estimate of drug-likeness (QED) is 0.861. The standard InChI is InChI=1S/C16H28N2O2/c1-5-10(2)15-16(20)18(9-14(19)17-15)13-7-6-11(3)12(4)8-13/h10-13,15H,5-9H2,1-4H3,(H,17,19). The van der Waals surface area contributed by atoms with Crippen molar-refractivity contribution in [3.8, 4) is 0 Å². The van der Waals surface area contributed by atoms with Gasteiger partial charge in [-0.2, -0.15) is 0 Å². The van der Waals surface area contributed by atoms with E-state index >= 15 is 0 Å². The van der Waals surface area contributed by atoms with Crippen LogP contribution in [0.1, 0.15) is 53.4 Å². The first-order valence-electron chi connectivity index (χ1n) is 8.03. The monoisotopic (exact) mass is 280 g/mol. The molecule has 1 heterocycles. The average Bonchev–Trinajstić information content (AvgIpc) is 2.43. The highest BCUT2D eigenvalue weighted by molar-refractivity contribution is 5.95. The normalized spacial score (nSPS) is 36.7. The number of rotatable bonds is 3. The van der Waals surface area contributed by atoms with Gasteiger partial charge in [-0.05, 0) is 37.0 Å². The zero-order valence-electron chi connectivity index (χ0n) is 13.2. The lowest BCUT2D eigenvalue weighted by atomic mass is 9.78. The lowest BCUT2D eigenvalue weighted by Crippen LogP contribution is -2.63. The summed E-state index contributed by atoms with van der Waals surface area (Å²) in [5.74, 6) is 1.69. The van der Waals surface area contributed by atoms with E-state index < -0.39 is 0 Å². The zero-order valence-corrected chi connectivity index (χ0v) is 13.2. The van der Waals surface area contributed by atoms with Crippen molar-refractivity contribution in [3.05, 3.63) is 0 Å². The van der Waals surface area contributed by atoms with Gasteiger partial charge in [-0.1, -0.05) is 34.1 Å². The molecule has 5 unspecified atom stereocenters. The summed E-state index contributed by atoms with van der Waals surface area (Å²) in [7, 11) is 0. The van der Waals surface area contributed by atoms with Crippen molar-refractivity contribution in [1.82, 2.24) is 10.2 Å². The first-order chi connectivity index (χ1) is 9.43. The summed E-state index contributed by atoms with van der Waals surface area (Å²) >= 11 is 0. The second-order valence-corrected chi connectivity index (χ2v) is 6.82. The summed E-state index contributed by atoms with van der Waals surface area (Å²) in [5, 5.41) is 2.88. The number of nitrogens with zero attached hydrogens (tertiary/aromatic N) is 1. The van der Waals surface area contributed by atoms with Gasteiger partial charge in [0.1, 0.15) is 6.04 Å². The van der Waals surface area contributed by atoms with Crippen molar-refractivity contribution in [2.24, 2.45) is 17.8 Å². The predicted molar refractivity (Wildman–Crippen MR) is 79.1 cm³/mol. The van der Waals surface area contributed by atoms with Gasteiger partial charge in [-0.3, -0.25) is 9.59 Å². The molecule has 1 saturated heterocycles. The first-order valence-corrected chi connectivity index (χ1v) is 8.03. The Morgan fingerprint density at radius 1 is 1.25 bits per heavy atom. The van der Waals surface area contributed by atoms with E-state index in [0.29, 0.717) is 5.92 Å². The molecule has 2 aliphatic rings. The van der Waals surface area contributed by atoms with Crippen LogP contribution in [0.2, 0.25) is 0 Å². The summed E-state index contributed by atoms with van der Waals surface area (Å²) < 4.78 is 0. The van der Waals surface area contributed by atoms with E-state index in [-0.39, 0.29) is 36.4 Å². The lowest BCUT2D eigenvalue weighted by molar-refractivity contribution is -0.149. The Morgan fingerprint density at radius 3 is 2.55 bits per heavy atom. The highest BCUT2D eigenvalue weighted by atomic mass is 16.2. The van der Waals surface area contributed by atoms with Crippen molar-refractivity contribution in [1.29, 1.82) is 0 Å². The number of nitrogens with one attached hydrogen (secondary N) is 1. The number of amides is 2. The molecule has 1 N–H and O–H groups in total. The Bertz CT molecular complexity index is 383. The Labute approximate surface area is 122 Å². The van der Waals surface area contributed by atoms with Crippen molar-refractivity contribution in [2.75, 3.05) is 6.54 Å². The van der Waals surface area contributed by atoms with Crippen LogP contribution in [0.15, 0.2) is 0 Å². The zero-order chi connectivity index (χ0) is 14.9.